The summed E-state index contributed by atoms with van der Waals surface area (Å²) in [6.07, 6.45) is 0. The van der Waals surface area contributed by atoms with Gasteiger partial charge in [-0.05, 0) is 17.2 Å². The number of hydrogen-bond donors (Lipinski definition) is 1. The molecule has 6 heteroatoms. The van der Waals surface area contributed by atoms with Crippen LogP contribution >= 0.6 is 11.3 Å². The Morgan fingerprint density at radius 3 is 2.33 bits per heavy atom. The van der Waals surface area contributed by atoms with Crippen LogP contribution in [0.2, 0.25) is 0 Å². The van der Waals surface area contributed by atoms with Gasteiger partial charge in [-0.25, -0.2) is 0 Å². The minimum Gasteiger partial charge on any atom is -0.495 e. The third kappa shape index (κ3) is 4.95. The van der Waals surface area contributed by atoms with Crippen molar-refractivity contribution in [3.63, 3.8) is 0 Å². The lowest BCUT2D eigenvalue weighted by Crippen LogP contribution is -2.30. The Hall–Kier alpha value is -3.12. The lowest BCUT2D eigenvalue weighted by Gasteiger charge is -2.06. The lowest BCUT2D eigenvalue weighted by molar-refractivity contribution is -0.143. The second-order valence-electron chi connectivity index (χ2n) is 5.70. The van der Waals surface area contributed by atoms with E-state index in [1.165, 1.54) is 18.4 Å². The number of esters is 1. The van der Waals surface area contributed by atoms with Crippen LogP contribution in [0.25, 0.3) is 10.4 Å². The smallest absolute Gasteiger partial charge is 0.325 e. The highest BCUT2D eigenvalue weighted by molar-refractivity contribution is 7.17. The number of carbonyl (C=O) groups is 2. The summed E-state index contributed by atoms with van der Waals surface area (Å²) in [5, 5.41) is 2.59. The minimum atomic E-state index is -0.494. The molecule has 0 fully saturated rings. The number of thiophene rings is 1. The molecule has 0 saturated heterocycles. The first-order valence-electron chi connectivity index (χ1n) is 8.38. The summed E-state index contributed by atoms with van der Waals surface area (Å²) in [6.45, 7) is -0.0244. The first-order chi connectivity index (χ1) is 13.2. The van der Waals surface area contributed by atoms with Gasteiger partial charge < -0.3 is 14.8 Å². The molecule has 0 unspecified atom stereocenters. The largest absolute Gasteiger partial charge is 0.495 e. The summed E-state index contributed by atoms with van der Waals surface area (Å²) in [6, 6.07) is 20.9. The topological polar surface area (TPSA) is 64.6 Å². The van der Waals surface area contributed by atoms with Crippen LogP contribution in [0.1, 0.15) is 15.2 Å². The Bertz CT molecular complexity index is 906. The Morgan fingerprint density at radius 1 is 1.00 bits per heavy atom. The fourth-order valence-corrected chi connectivity index (χ4v) is 3.50. The summed E-state index contributed by atoms with van der Waals surface area (Å²) >= 11 is 1.32. The molecule has 0 spiro atoms. The highest BCUT2D eigenvalue weighted by atomic mass is 32.1. The zero-order chi connectivity index (χ0) is 19.1. The SMILES string of the molecule is COc1cc(-c2ccccc2)sc1C(=O)NCC(=O)OCc1ccccc1. The van der Waals surface area contributed by atoms with Gasteiger partial charge in [0.05, 0.1) is 7.11 Å². The standard InChI is InChI=1S/C21H19NO4S/c1-25-17-12-18(16-10-6-3-7-11-16)27-20(17)21(24)22-13-19(23)26-14-15-8-4-2-5-9-15/h2-12H,13-14H2,1H3,(H,22,24). The number of methoxy groups -OCH3 is 1. The van der Waals surface area contributed by atoms with Crippen molar-refractivity contribution < 1.29 is 19.1 Å². The first kappa shape index (κ1) is 18.7. The van der Waals surface area contributed by atoms with E-state index in [9.17, 15) is 9.59 Å². The summed E-state index contributed by atoms with van der Waals surface area (Å²) in [7, 11) is 1.52. The Morgan fingerprint density at radius 2 is 1.67 bits per heavy atom. The molecule has 2 aromatic carbocycles. The number of rotatable bonds is 7. The average molecular weight is 381 g/mol. The third-order valence-corrected chi connectivity index (χ3v) is 4.98. The molecule has 0 atom stereocenters. The molecule has 5 nitrogen and oxygen atoms in total. The van der Waals surface area contributed by atoms with E-state index in [-0.39, 0.29) is 19.1 Å². The van der Waals surface area contributed by atoms with E-state index in [2.05, 4.69) is 5.32 Å². The van der Waals surface area contributed by atoms with Crippen LogP contribution in [0, 0.1) is 0 Å². The molecule has 0 saturated carbocycles. The van der Waals surface area contributed by atoms with Crippen LogP contribution in [0.3, 0.4) is 0 Å². The zero-order valence-corrected chi connectivity index (χ0v) is 15.6. The van der Waals surface area contributed by atoms with Crippen LogP contribution in [0.15, 0.2) is 66.7 Å². The molecular formula is C21H19NO4S. The maximum atomic E-state index is 12.5. The highest BCUT2D eigenvalue weighted by Gasteiger charge is 2.18. The third-order valence-electron chi connectivity index (χ3n) is 3.82. The van der Waals surface area contributed by atoms with Gasteiger partial charge in [0, 0.05) is 4.88 Å². The fourth-order valence-electron chi connectivity index (χ4n) is 2.45. The molecule has 3 rings (SSSR count). The predicted molar refractivity (Wildman–Crippen MR) is 105 cm³/mol. The van der Waals surface area contributed by atoms with Gasteiger partial charge in [-0.1, -0.05) is 60.7 Å². The molecule has 1 heterocycles. The lowest BCUT2D eigenvalue weighted by atomic mass is 10.2. The van der Waals surface area contributed by atoms with Crippen molar-refractivity contribution in [2.75, 3.05) is 13.7 Å². The summed E-state index contributed by atoms with van der Waals surface area (Å²) in [5.74, 6) is -0.379. The summed E-state index contributed by atoms with van der Waals surface area (Å²) in [5.41, 5.74) is 1.90. The van der Waals surface area contributed by atoms with Crippen LogP contribution < -0.4 is 10.1 Å². The number of hydrogen-bond acceptors (Lipinski definition) is 5. The molecule has 3 aromatic rings. The van der Waals surface area contributed by atoms with Gasteiger partial charge in [0.1, 0.15) is 23.8 Å². The zero-order valence-electron chi connectivity index (χ0n) is 14.8. The van der Waals surface area contributed by atoms with Crippen molar-refractivity contribution in [2.45, 2.75) is 6.61 Å². The molecule has 0 aliphatic heterocycles. The molecule has 138 valence electrons. The molecule has 1 aromatic heterocycles. The molecule has 0 bridgehead atoms. The van der Waals surface area contributed by atoms with Gasteiger partial charge in [-0.2, -0.15) is 0 Å². The first-order valence-corrected chi connectivity index (χ1v) is 9.20. The monoisotopic (exact) mass is 381 g/mol. The molecular weight excluding hydrogens is 362 g/mol. The molecule has 0 aliphatic rings. The van der Waals surface area contributed by atoms with Gasteiger partial charge in [-0.3, -0.25) is 9.59 Å². The second kappa shape index (κ2) is 9.00. The second-order valence-corrected chi connectivity index (χ2v) is 6.76. The van der Waals surface area contributed by atoms with Crippen molar-refractivity contribution in [3.8, 4) is 16.2 Å². The van der Waals surface area contributed by atoms with Crippen molar-refractivity contribution in [3.05, 3.63) is 77.2 Å². The molecule has 0 aliphatic carbocycles. The number of benzene rings is 2. The molecule has 0 radical (unpaired) electrons. The Balaban J connectivity index is 1.59. The van der Waals surface area contributed by atoms with E-state index < -0.39 is 5.97 Å². The van der Waals surface area contributed by atoms with Gasteiger partial charge in [0.2, 0.25) is 0 Å². The molecule has 1 amide bonds. The van der Waals surface area contributed by atoms with E-state index in [0.717, 1.165) is 16.0 Å². The Labute approximate surface area is 161 Å². The fraction of sp³-hybridized carbons (Fsp3) is 0.143. The molecule has 27 heavy (non-hydrogen) atoms. The highest BCUT2D eigenvalue weighted by Crippen LogP contribution is 2.36. The van der Waals surface area contributed by atoms with Gasteiger partial charge in [0.15, 0.2) is 0 Å². The van der Waals surface area contributed by atoms with Gasteiger partial charge >= 0.3 is 5.97 Å². The van der Waals surface area contributed by atoms with Crippen molar-refractivity contribution in [2.24, 2.45) is 0 Å². The number of nitrogens with one attached hydrogen (secondary N) is 1. The number of amides is 1. The van der Waals surface area contributed by atoms with Crippen molar-refractivity contribution in [1.82, 2.24) is 5.32 Å². The van der Waals surface area contributed by atoms with Crippen LogP contribution in [0.5, 0.6) is 5.75 Å². The van der Waals surface area contributed by atoms with Gasteiger partial charge in [-0.15, -0.1) is 11.3 Å². The maximum absolute atomic E-state index is 12.5. The van der Waals surface area contributed by atoms with E-state index in [1.807, 2.05) is 66.7 Å². The predicted octanol–water partition coefficient (Wildman–Crippen LogP) is 3.90. The van der Waals surface area contributed by atoms with Crippen molar-refractivity contribution in [1.29, 1.82) is 0 Å². The van der Waals surface area contributed by atoms with Crippen molar-refractivity contribution >= 4 is 23.2 Å². The van der Waals surface area contributed by atoms with E-state index >= 15 is 0 Å². The molecule has 1 N–H and O–H groups in total. The summed E-state index contributed by atoms with van der Waals surface area (Å²) in [4.78, 5) is 25.7. The van der Waals surface area contributed by atoms with E-state index in [0.29, 0.717) is 10.6 Å². The van der Waals surface area contributed by atoms with Crippen LogP contribution in [0.4, 0.5) is 0 Å². The van der Waals surface area contributed by atoms with Crippen LogP contribution in [-0.4, -0.2) is 25.5 Å². The van der Waals surface area contributed by atoms with E-state index in [4.69, 9.17) is 9.47 Å². The van der Waals surface area contributed by atoms with E-state index in [1.54, 1.807) is 0 Å². The maximum Gasteiger partial charge on any atom is 0.325 e. The average Bonchev–Trinajstić information content (AvgIpc) is 3.16. The Kier molecular flexibility index (Phi) is 6.22. The van der Waals surface area contributed by atoms with Gasteiger partial charge in [0.25, 0.3) is 5.91 Å². The quantitative estimate of drug-likeness (QED) is 0.631. The summed E-state index contributed by atoms with van der Waals surface area (Å²) < 4.78 is 10.5. The minimum absolute atomic E-state index is 0.177. The number of ether oxygens (including phenoxy) is 2. The van der Waals surface area contributed by atoms with Crippen LogP contribution in [-0.2, 0) is 16.1 Å². The number of carbonyl (C=O) groups excluding carboxylic acids is 2. The normalized spacial score (nSPS) is 10.3.